The van der Waals surface area contributed by atoms with E-state index in [0.29, 0.717) is 0 Å². The van der Waals surface area contributed by atoms with Crippen LogP contribution >= 0.6 is 35.6 Å². The molecule has 3 nitrogen and oxygen atoms in total. The molecule has 0 aromatic rings. The fraction of sp³-hybridized carbons (Fsp3) is 0. The summed E-state index contributed by atoms with van der Waals surface area (Å²) in [6, 6.07) is 0. The van der Waals surface area contributed by atoms with Crippen molar-refractivity contribution in [2.45, 2.75) is 0 Å². The van der Waals surface area contributed by atoms with Gasteiger partial charge in [0.1, 0.15) is 0 Å². The van der Waals surface area contributed by atoms with Crippen molar-refractivity contribution in [3.05, 3.63) is 0 Å². The van der Waals surface area contributed by atoms with Crippen LogP contribution in [0.15, 0.2) is 0 Å². The number of hydrogen-bond acceptors (Lipinski definition) is 3. The molecule has 0 aromatic carbocycles. The molecule has 0 saturated heterocycles. The Labute approximate surface area is 135 Å². The van der Waals surface area contributed by atoms with Gasteiger partial charge >= 0.3 is 88.7 Å². The van der Waals surface area contributed by atoms with Crippen molar-refractivity contribution >= 4 is 35.6 Å². The summed E-state index contributed by atoms with van der Waals surface area (Å²) in [6.45, 7) is 0. The minimum absolute atomic E-state index is 0. The molecule has 0 heterocycles. The molecule has 0 aliphatic carbocycles. The van der Waals surface area contributed by atoms with Gasteiger partial charge in [-0.25, -0.2) is 35.6 Å². The zero-order chi connectivity index (χ0) is 6.00. The van der Waals surface area contributed by atoms with Gasteiger partial charge in [-0.2, -0.15) is 0 Å². The zero-order valence-corrected chi connectivity index (χ0v) is 13.6. The van der Waals surface area contributed by atoms with Gasteiger partial charge < -0.3 is 14.0 Å². The SMILES string of the molecule is [Na+].[Na+].[Na+].[O-]Cl.[O-]Cl.[O-]Cl. The molecule has 9 heteroatoms. The molecule has 0 spiro atoms. The van der Waals surface area contributed by atoms with Gasteiger partial charge in [-0.05, 0) is 0 Å². The van der Waals surface area contributed by atoms with Gasteiger partial charge in [0.25, 0.3) is 0 Å². The molecule has 0 rings (SSSR count). The molecule has 0 aliphatic rings. The van der Waals surface area contributed by atoms with Crippen LogP contribution in [0.4, 0.5) is 0 Å². The molecule has 42 valence electrons. The third-order valence-corrected chi connectivity index (χ3v) is 0. The van der Waals surface area contributed by atoms with E-state index in [1.54, 1.807) is 0 Å². The first kappa shape index (κ1) is 38.6. The van der Waals surface area contributed by atoms with Crippen LogP contribution in [-0.2, 0) is 0 Å². The van der Waals surface area contributed by atoms with E-state index in [0.717, 1.165) is 0 Å². The van der Waals surface area contributed by atoms with E-state index in [9.17, 15) is 0 Å². The standard InChI is InChI=1S/3ClO.3Na/c3*1-2;;;/q3*-1;3*+1. The monoisotopic (exact) mass is 222 g/mol. The van der Waals surface area contributed by atoms with Crippen molar-refractivity contribution in [1.29, 1.82) is 0 Å². The van der Waals surface area contributed by atoms with Crippen molar-refractivity contribution in [1.82, 2.24) is 0 Å². The van der Waals surface area contributed by atoms with E-state index >= 15 is 0 Å². The van der Waals surface area contributed by atoms with E-state index in [1.165, 1.54) is 0 Å². The van der Waals surface area contributed by atoms with Crippen LogP contribution in [0.5, 0.6) is 0 Å². The van der Waals surface area contributed by atoms with Gasteiger partial charge in [-0.1, -0.05) is 0 Å². The second-order valence-corrected chi connectivity index (χ2v) is 0. The van der Waals surface area contributed by atoms with Gasteiger partial charge in [0.2, 0.25) is 0 Å². The molecular formula is Cl3Na3O3. The predicted molar refractivity (Wildman–Crippen MR) is 17.6 cm³/mol. The maximum Gasteiger partial charge on any atom is 1.00 e. The Morgan fingerprint density at radius 2 is 0.444 bits per heavy atom. The van der Waals surface area contributed by atoms with E-state index in [-0.39, 0.29) is 88.7 Å². The molecule has 0 atom stereocenters. The van der Waals surface area contributed by atoms with E-state index in [2.05, 4.69) is 35.6 Å². The van der Waals surface area contributed by atoms with Crippen LogP contribution in [0, 0.1) is 0 Å². The van der Waals surface area contributed by atoms with E-state index < -0.39 is 0 Å². The second kappa shape index (κ2) is 96.6. The van der Waals surface area contributed by atoms with Gasteiger partial charge in [0.15, 0.2) is 0 Å². The molecule has 9 heavy (non-hydrogen) atoms. The first-order valence-electron chi connectivity index (χ1n) is 0.463. The maximum atomic E-state index is 7.72. The Morgan fingerprint density at radius 3 is 0.444 bits per heavy atom. The van der Waals surface area contributed by atoms with Gasteiger partial charge in [0.05, 0.1) is 0 Å². The van der Waals surface area contributed by atoms with Crippen molar-refractivity contribution in [2.24, 2.45) is 0 Å². The molecule has 0 N–H and O–H groups in total. The van der Waals surface area contributed by atoms with E-state index in [4.69, 9.17) is 14.0 Å². The molecule has 0 aliphatic heterocycles. The first-order valence-corrected chi connectivity index (χ1v) is 1.39. The maximum absolute atomic E-state index is 7.72. The van der Waals surface area contributed by atoms with Crippen LogP contribution in [0.2, 0.25) is 0 Å². The number of hydrogen-bond donors (Lipinski definition) is 0. The van der Waals surface area contributed by atoms with Crippen LogP contribution in [0.1, 0.15) is 0 Å². The molecule has 0 fully saturated rings. The summed E-state index contributed by atoms with van der Waals surface area (Å²) in [5.41, 5.74) is 0. The van der Waals surface area contributed by atoms with Gasteiger partial charge in [-0.15, -0.1) is 0 Å². The second-order valence-electron chi connectivity index (χ2n) is 0. The number of halogens is 3. The topological polar surface area (TPSA) is 69.2 Å². The molecule has 0 bridgehead atoms. The van der Waals surface area contributed by atoms with Crippen LogP contribution in [-0.4, -0.2) is 0 Å². The van der Waals surface area contributed by atoms with Crippen molar-refractivity contribution in [3.8, 4) is 0 Å². The van der Waals surface area contributed by atoms with Crippen molar-refractivity contribution in [3.63, 3.8) is 0 Å². The fourth-order valence-electron chi connectivity index (χ4n) is 0. The van der Waals surface area contributed by atoms with Crippen molar-refractivity contribution in [2.75, 3.05) is 0 Å². The fourth-order valence-corrected chi connectivity index (χ4v) is 0. The first-order chi connectivity index (χ1) is 3.00. The van der Waals surface area contributed by atoms with Crippen LogP contribution < -0.4 is 103 Å². The molecule has 0 unspecified atom stereocenters. The zero-order valence-electron chi connectivity index (χ0n) is 5.36. The predicted octanol–water partition coefficient (Wildman–Crippen LogP) is -10.5. The third-order valence-electron chi connectivity index (χ3n) is 0. The Bertz CT molecular complexity index is 14.3. The molecule has 0 amide bonds. The average molecular weight is 223 g/mol. The largest absolute Gasteiger partial charge is 1.00 e. The smallest absolute Gasteiger partial charge is 0.769 e. The van der Waals surface area contributed by atoms with Crippen LogP contribution in [0.25, 0.3) is 0 Å². The number of rotatable bonds is 0. The summed E-state index contributed by atoms with van der Waals surface area (Å²) < 4.78 is 23.2. The Hall–Kier alpha value is 3.75. The summed E-state index contributed by atoms with van der Waals surface area (Å²) in [4.78, 5) is 0. The summed E-state index contributed by atoms with van der Waals surface area (Å²) in [5, 5.41) is 0. The quantitative estimate of drug-likeness (QED) is 0.383. The molecule has 0 radical (unpaired) electrons. The minimum atomic E-state index is 0. The molecular weight excluding hydrogens is 223 g/mol. The van der Waals surface area contributed by atoms with Gasteiger partial charge in [0, 0.05) is 0 Å². The minimum Gasteiger partial charge on any atom is -0.769 e. The average Bonchev–Trinajstić information content (AvgIpc) is 1.81. The van der Waals surface area contributed by atoms with Crippen LogP contribution in [0.3, 0.4) is 0 Å². The summed E-state index contributed by atoms with van der Waals surface area (Å²) in [6.07, 6.45) is 0. The third kappa shape index (κ3) is 79.4. The molecule has 0 aromatic heterocycles. The normalized spacial score (nSPS) is 2.00. The summed E-state index contributed by atoms with van der Waals surface area (Å²) in [5.74, 6) is 0. The summed E-state index contributed by atoms with van der Waals surface area (Å²) >= 11 is 10.2. The van der Waals surface area contributed by atoms with Gasteiger partial charge in [-0.3, -0.25) is 0 Å². The molecule has 0 saturated carbocycles. The Morgan fingerprint density at radius 1 is 0.444 bits per heavy atom. The Balaban J connectivity index is -0.00000000321. The van der Waals surface area contributed by atoms with E-state index in [1.807, 2.05) is 0 Å². The Kier molecular flexibility index (Phi) is 415. The van der Waals surface area contributed by atoms with Crippen molar-refractivity contribution < 1.29 is 103 Å². The summed E-state index contributed by atoms with van der Waals surface area (Å²) in [7, 11) is 0.